The summed E-state index contributed by atoms with van der Waals surface area (Å²) in [6.45, 7) is 5.57. The Balaban J connectivity index is 2.34. The molecule has 1 N–H and O–H groups in total. The van der Waals surface area contributed by atoms with E-state index in [4.69, 9.17) is 15.9 Å². The van der Waals surface area contributed by atoms with Gasteiger partial charge in [0.15, 0.2) is 0 Å². The molecule has 0 aromatic heterocycles. The van der Waals surface area contributed by atoms with E-state index in [2.05, 4.69) is 34.1 Å². The number of hydrogen-bond donors (Lipinski definition) is 1. The van der Waals surface area contributed by atoms with Crippen LogP contribution in [0.25, 0.3) is 0 Å². The standard InChI is InChI=1S/C16H22BrNO2/c1-3-5-10-19-11-8-18-13-14-12-15(17)6-7-16(14)20-9-4-2/h2,6-7,12,18H,3,5,8-11,13H2,1H3. The highest BCUT2D eigenvalue weighted by atomic mass is 79.9. The van der Waals surface area contributed by atoms with E-state index in [9.17, 15) is 0 Å². The third-order valence-electron chi connectivity index (χ3n) is 2.71. The van der Waals surface area contributed by atoms with E-state index in [1.54, 1.807) is 0 Å². The summed E-state index contributed by atoms with van der Waals surface area (Å²) in [5, 5.41) is 3.35. The lowest BCUT2D eigenvalue weighted by atomic mass is 10.2. The van der Waals surface area contributed by atoms with Crippen LogP contribution in [0.5, 0.6) is 5.75 Å². The van der Waals surface area contributed by atoms with Crippen molar-refractivity contribution < 1.29 is 9.47 Å². The number of nitrogens with one attached hydrogen (secondary N) is 1. The molecule has 0 unspecified atom stereocenters. The van der Waals surface area contributed by atoms with Crippen molar-refractivity contribution in [3.05, 3.63) is 28.2 Å². The monoisotopic (exact) mass is 339 g/mol. The zero-order valence-electron chi connectivity index (χ0n) is 12.0. The number of rotatable bonds is 10. The van der Waals surface area contributed by atoms with Crippen molar-refractivity contribution in [3.63, 3.8) is 0 Å². The smallest absolute Gasteiger partial charge is 0.148 e. The van der Waals surface area contributed by atoms with Crippen molar-refractivity contribution >= 4 is 15.9 Å². The Hall–Kier alpha value is -1.02. The van der Waals surface area contributed by atoms with Gasteiger partial charge in [0, 0.05) is 29.7 Å². The van der Waals surface area contributed by atoms with Gasteiger partial charge in [-0.2, -0.15) is 0 Å². The molecule has 20 heavy (non-hydrogen) atoms. The Morgan fingerprint density at radius 3 is 2.95 bits per heavy atom. The number of benzene rings is 1. The average molecular weight is 340 g/mol. The molecule has 0 atom stereocenters. The maximum atomic E-state index is 5.52. The largest absolute Gasteiger partial charge is 0.481 e. The minimum Gasteiger partial charge on any atom is -0.481 e. The zero-order chi connectivity index (χ0) is 14.6. The highest BCUT2D eigenvalue weighted by Crippen LogP contribution is 2.23. The minimum absolute atomic E-state index is 0.286. The number of ether oxygens (including phenoxy) is 2. The molecule has 1 aromatic carbocycles. The number of hydrogen-bond acceptors (Lipinski definition) is 3. The van der Waals surface area contributed by atoms with E-state index < -0.39 is 0 Å². The maximum absolute atomic E-state index is 5.52. The van der Waals surface area contributed by atoms with E-state index in [0.29, 0.717) is 0 Å². The van der Waals surface area contributed by atoms with E-state index in [1.165, 1.54) is 6.42 Å². The van der Waals surface area contributed by atoms with Gasteiger partial charge < -0.3 is 14.8 Å². The van der Waals surface area contributed by atoms with Gasteiger partial charge in [-0.3, -0.25) is 0 Å². The summed E-state index contributed by atoms with van der Waals surface area (Å²) in [6.07, 6.45) is 7.51. The van der Waals surface area contributed by atoms with Crippen LogP contribution in [-0.2, 0) is 11.3 Å². The molecule has 0 fully saturated rings. The van der Waals surface area contributed by atoms with Crippen LogP contribution < -0.4 is 10.1 Å². The molecule has 110 valence electrons. The van der Waals surface area contributed by atoms with Gasteiger partial charge in [0.05, 0.1) is 6.61 Å². The van der Waals surface area contributed by atoms with Crippen molar-refractivity contribution in [3.8, 4) is 18.1 Å². The Bertz CT molecular complexity index is 429. The summed E-state index contributed by atoms with van der Waals surface area (Å²) in [5.41, 5.74) is 1.09. The fourth-order valence-electron chi connectivity index (χ4n) is 1.66. The van der Waals surface area contributed by atoms with Gasteiger partial charge in [0.25, 0.3) is 0 Å². The van der Waals surface area contributed by atoms with Crippen LogP contribution in [0.15, 0.2) is 22.7 Å². The van der Waals surface area contributed by atoms with Crippen LogP contribution in [0.4, 0.5) is 0 Å². The van der Waals surface area contributed by atoms with E-state index in [0.717, 1.165) is 48.5 Å². The van der Waals surface area contributed by atoms with E-state index in [1.807, 2.05) is 18.2 Å². The molecule has 0 saturated carbocycles. The maximum Gasteiger partial charge on any atom is 0.148 e. The fourth-order valence-corrected chi connectivity index (χ4v) is 2.07. The molecule has 0 amide bonds. The van der Waals surface area contributed by atoms with Gasteiger partial charge in [0.2, 0.25) is 0 Å². The molecule has 0 heterocycles. The molecule has 0 bridgehead atoms. The first kappa shape index (κ1) is 17.0. The van der Waals surface area contributed by atoms with Crippen LogP contribution in [0.3, 0.4) is 0 Å². The predicted molar refractivity (Wildman–Crippen MR) is 85.9 cm³/mol. The number of terminal acetylenes is 1. The Morgan fingerprint density at radius 2 is 2.20 bits per heavy atom. The third kappa shape index (κ3) is 6.95. The Morgan fingerprint density at radius 1 is 1.35 bits per heavy atom. The third-order valence-corrected chi connectivity index (χ3v) is 3.21. The fraction of sp³-hybridized carbons (Fsp3) is 0.500. The van der Waals surface area contributed by atoms with Crippen LogP contribution in [0.1, 0.15) is 25.3 Å². The van der Waals surface area contributed by atoms with E-state index in [-0.39, 0.29) is 6.61 Å². The van der Waals surface area contributed by atoms with Gasteiger partial charge in [-0.05, 0) is 24.6 Å². The molecule has 1 aromatic rings. The summed E-state index contributed by atoms with van der Waals surface area (Å²) in [6, 6.07) is 5.91. The van der Waals surface area contributed by atoms with Gasteiger partial charge >= 0.3 is 0 Å². The van der Waals surface area contributed by atoms with Gasteiger partial charge in [0.1, 0.15) is 12.4 Å². The Labute approximate surface area is 130 Å². The molecule has 0 spiro atoms. The lowest BCUT2D eigenvalue weighted by Crippen LogP contribution is -2.20. The van der Waals surface area contributed by atoms with Gasteiger partial charge in [-0.25, -0.2) is 0 Å². The van der Waals surface area contributed by atoms with Crippen LogP contribution in [0, 0.1) is 12.3 Å². The topological polar surface area (TPSA) is 30.5 Å². The lowest BCUT2D eigenvalue weighted by Gasteiger charge is -2.11. The van der Waals surface area contributed by atoms with Crippen molar-refractivity contribution in [2.75, 3.05) is 26.4 Å². The van der Waals surface area contributed by atoms with Gasteiger partial charge in [-0.1, -0.05) is 35.2 Å². The number of halogens is 1. The summed E-state index contributed by atoms with van der Waals surface area (Å²) >= 11 is 3.47. The highest BCUT2D eigenvalue weighted by molar-refractivity contribution is 9.10. The van der Waals surface area contributed by atoms with E-state index >= 15 is 0 Å². The van der Waals surface area contributed by atoms with Gasteiger partial charge in [-0.15, -0.1) is 6.42 Å². The second-order valence-electron chi connectivity index (χ2n) is 4.39. The molecule has 4 heteroatoms. The molecule has 0 radical (unpaired) electrons. The minimum atomic E-state index is 0.286. The first-order valence-electron chi connectivity index (χ1n) is 6.91. The van der Waals surface area contributed by atoms with Crippen molar-refractivity contribution in [1.29, 1.82) is 0 Å². The summed E-state index contributed by atoms with van der Waals surface area (Å²) < 4.78 is 12.1. The second-order valence-corrected chi connectivity index (χ2v) is 5.30. The molecule has 3 nitrogen and oxygen atoms in total. The van der Waals surface area contributed by atoms with Crippen molar-refractivity contribution in [2.24, 2.45) is 0 Å². The second kappa shape index (κ2) is 10.7. The van der Waals surface area contributed by atoms with Crippen molar-refractivity contribution in [1.82, 2.24) is 5.32 Å². The molecule has 0 aliphatic rings. The molecular formula is C16H22BrNO2. The quantitative estimate of drug-likeness (QED) is 0.523. The number of unbranched alkanes of at least 4 members (excludes halogenated alkanes) is 1. The Kier molecular flexibility index (Phi) is 9.14. The summed E-state index contributed by atoms with van der Waals surface area (Å²) in [5.74, 6) is 3.30. The lowest BCUT2D eigenvalue weighted by molar-refractivity contribution is 0.133. The first-order chi connectivity index (χ1) is 9.77. The molecule has 0 aliphatic heterocycles. The zero-order valence-corrected chi connectivity index (χ0v) is 13.5. The first-order valence-corrected chi connectivity index (χ1v) is 7.70. The normalized spacial score (nSPS) is 10.2. The van der Waals surface area contributed by atoms with Crippen LogP contribution >= 0.6 is 15.9 Å². The average Bonchev–Trinajstić information content (AvgIpc) is 2.45. The summed E-state index contributed by atoms with van der Waals surface area (Å²) in [4.78, 5) is 0. The molecule has 0 aliphatic carbocycles. The molecule has 0 saturated heterocycles. The van der Waals surface area contributed by atoms with Crippen molar-refractivity contribution in [2.45, 2.75) is 26.3 Å². The predicted octanol–water partition coefficient (Wildman–Crippen LogP) is 3.37. The SMILES string of the molecule is C#CCOc1ccc(Br)cc1CNCCOCCCC. The van der Waals surface area contributed by atoms with Crippen LogP contribution in [0.2, 0.25) is 0 Å². The highest BCUT2D eigenvalue weighted by Gasteiger charge is 2.04. The molecule has 1 rings (SSSR count). The molecular weight excluding hydrogens is 318 g/mol. The summed E-state index contributed by atoms with van der Waals surface area (Å²) in [7, 11) is 0. The van der Waals surface area contributed by atoms with Crippen LogP contribution in [-0.4, -0.2) is 26.4 Å².